The first kappa shape index (κ1) is 13.8. The molecule has 0 amide bonds. The highest BCUT2D eigenvalue weighted by atomic mass is 19.1. The largest absolute Gasteiger partial charge is 0.387 e. The van der Waals surface area contributed by atoms with Crippen LogP contribution in [0.5, 0.6) is 0 Å². The maximum absolute atomic E-state index is 13.3. The first-order chi connectivity index (χ1) is 8.04. The standard InChI is InChI=1S/C13H17F2NO/c1-3-4-9(2)16-8-13(17)11-6-5-10(14)7-12(11)15/h3,5-7,9,13,16-17H,1,4,8H2,2H3. The zero-order chi connectivity index (χ0) is 12.8. The summed E-state index contributed by atoms with van der Waals surface area (Å²) in [6, 6.07) is 3.32. The van der Waals surface area contributed by atoms with E-state index < -0.39 is 17.7 Å². The molecular formula is C13H17F2NO. The lowest BCUT2D eigenvalue weighted by atomic mass is 10.1. The normalized spacial score (nSPS) is 14.4. The maximum atomic E-state index is 13.3. The zero-order valence-electron chi connectivity index (χ0n) is 9.79. The number of halogens is 2. The van der Waals surface area contributed by atoms with Gasteiger partial charge in [-0.1, -0.05) is 12.1 Å². The summed E-state index contributed by atoms with van der Waals surface area (Å²) < 4.78 is 26.0. The van der Waals surface area contributed by atoms with Gasteiger partial charge in [0.05, 0.1) is 6.10 Å². The van der Waals surface area contributed by atoms with Crippen LogP contribution in [0.15, 0.2) is 30.9 Å². The lowest BCUT2D eigenvalue weighted by Gasteiger charge is -2.16. The monoisotopic (exact) mass is 241 g/mol. The molecule has 2 unspecified atom stereocenters. The summed E-state index contributed by atoms with van der Waals surface area (Å²) in [6.07, 6.45) is 1.55. The fraction of sp³-hybridized carbons (Fsp3) is 0.385. The van der Waals surface area contributed by atoms with Crippen LogP contribution in [-0.2, 0) is 0 Å². The van der Waals surface area contributed by atoms with Gasteiger partial charge >= 0.3 is 0 Å². The minimum Gasteiger partial charge on any atom is -0.387 e. The van der Waals surface area contributed by atoms with Gasteiger partial charge in [0.1, 0.15) is 11.6 Å². The highest BCUT2D eigenvalue weighted by Gasteiger charge is 2.13. The van der Waals surface area contributed by atoms with Crippen LogP contribution in [0.1, 0.15) is 25.0 Å². The van der Waals surface area contributed by atoms with Crippen LogP contribution in [0, 0.1) is 11.6 Å². The molecule has 0 bridgehead atoms. The first-order valence-corrected chi connectivity index (χ1v) is 5.52. The molecule has 0 fully saturated rings. The fourth-order valence-corrected chi connectivity index (χ4v) is 1.53. The molecule has 94 valence electrons. The minimum atomic E-state index is -0.983. The van der Waals surface area contributed by atoms with Crippen molar-refractivity contribution in [2.75, 3.05) is 6.54 Å². The molecule has 1 aromatic carbocycles. The Hall–Kier alpha value is -1.26. The third-order valence-corrected chi connectivity index (χ3v) is 2.50. The smallest absolute Gasteiger partial charge is 0.131 e. The number of aliphatic hydroxyl groups is 1. The van der Waals surface area contributed by atoms with E-state index in [-0.39, 0.29) is 18.2 Å². The van der Waals surface area contributed by atoms with Crippen LogP contribution in [0.3, 0.4) is 0 Å². The van der Waals surface area contributed by atoms with Crippen LogP contribution < -0.4 is 5.32 Å². The Labute approximate surface area is 100.0 Å². The molecule has 17 heavy (non-hydrogen) atoms. The molecule has 0 spiro atoms. The van der Waals surface area contributed by atoms with Gasteiger partial charge in [0.15, 0.2) is 0 Å². The highest BCUT2D eigenvalue weighted by molar-refractivity contribution is 5.21. The molecule has 0 radical (unpaired) electrons. The van der Waals surface area contributed by atoms with E-state index in [1.54, 1.807) is 6.08 Å². The number of hydrogen-bond donors (Lipinski definition) is 2. The Balaban J connectivity index is 2.57. The molecule has 0 heterocycles. The maximum Gasteiger partial charge on any atom is 0.131 e. The predicted octanol–water partition coefficient (Wildman–Crippen LogP) is 2.55. The average molecular weight is 241 g/mol. The Morgan fingerprint density at radius 3 is 2.76 bits per heavy atom. The molecule has 2 N–H and O–H groups in total. The molecule has 0 aliphatic rings. The Bertz CT molecular complexity index is 382. The van der Waals surface area contributed by atoms with Crippen molar-refractivity contribution in [3.63, 3.8) is 0 Å². The van der Waals surface area contributed by atoms with Gasteiger partial charge in [-0.05, 0) is 19.4 Å². The van der Waals surface area contributed by atoms with E-state index in [4.69, 9.17) is 0 Å². The highest BCUT2D eigenvalue weighted by Crippen LogP contribution is 2.17. The SMILES string of the molecule is C=CCC(C)NCC(O)c1ccc(F)cc1F. The van der Waals surface area contributed by atoms with Gasteiger partial charge in [0.25, 0.3) is 0 Å². The summed E-state index contributed by atoms with van der Waals surface area (Å²) in [6.45, 7) is 5.77. The van der Waals surface area contributed by atoms with E-state index in [9.17, 15) is 13.9 Å². The van der Waals surface area contributed by atoms with Crippen molar-refractivity contribution < 1.29 is 13.9 Å². The van der Waals surface area contributed by atoms with Gasteiger partial charge in [0.2, 0.25) is 0 Å². The van der Waals surface area contributed by atoms with Crippen LogP contribution >= 0.6 is 0 Å². The van der Waals surface area contributed by atoms with Gasteiger partial charge in [-0.3, -0.25) is 0 Å². The summed E-state index contributed by atoms with van der Waals surface area (Å²) in [5.74, 6) is -1.37. The van der Waals surface area contributed by atoms with Crippen molar-refractivity contribution in [2.24, 2.45) is 0 Å². The number of benzene rings is 1. The number of nitrogens with one attached hydrogen (secondary N) is 1. The molecule has 0 saturated heterocycles. The van der Waals surface area contributed by atoms with Gasteiger partial charge in [-0.15, -0.1) is 6.58 Å². The van der Waals surface area contributed by atoms with E-state index in [2.05, 4.69) is 11.9 Å². The number of hydrogen-bond acceptors (Lipinski definition) is 2. The summed E-state index contributed by atoms with van der Waals surface area (Å²) in [7, 11) is 0. The summed E-state index contributed by atoms with van der Waals surface area (Å²) >= 11 is 0. The molecule has 0 aromatic heterocycles. The zero-order valence-corrected chi connectivity index (χ0v) is 9.79. The molecule has 0 saturated carbocycles. The number of rotatable bonds is 6. The Morgan fingerprint density at radius 2 is 2.18 bits per heavy atom. The second-order valence-electron chi connectivity index (χ2n) is 4.02. The van der Waals surface area contributed by atoms with E-state index in [0.717, 1.165) is 18.6 Å². The molecule has 1 rings (SSSR count). The second kappa shape index (κ2) is 6.47. The lowest BCUT2D eigenvalue weighted by molar-refractivity contribution is 0.166. The first-order valence-electron chi connectivity index (χ1n) is 5.52. The van der Waals surface area contributed by atoms with Gasteiger partial charge in [0, 0.05) is 24.2 Å². The summed E-state index contributed by atoms with van der Waals surface area (Å²) in [5, 5.41) is 12.8. The average Bonchev–Trinajstić information content (AvgIpc) is 2.26. The van der Waals surface area contributed by atoms with Crippen molar-refractivity contribution in [1.82, 2.24) is 5.32 Å². The molecular weight excluding hydrogens is 224 g/mol. The van der Waals surface area contributed by atoms with Crippen LogP contribution in [0.2, 0.25) is 0 Å². The van der Waals surface area contributed by atoms with Gasteiger partial charge < -0.3 is 10.4 Å². The lowest BCUT2D eigenvalue weighted by Crippen LogP contribution is -2.30. The number of aliphatic hydroxyl groups excluding tert-OH is 1. The van der Waals surface area contributed by atoms with E-state index in [0.29, 0.717) is 0 Å². The van der Waals surface area contributed by atoms with Crippen molar-refractivity contribution in [3.05, 3.63) is 48.1 Å². The van der Waals surface area contributed by atoms with Crippen LogP contribution in [-0.4, -0.2) is 17.7 Å². The van der Waals surface area contributed by atoms with Gasteiger partial charge in [-0.2, -0.15) is 0 Å². The van der Waals surface area contributed by atoms with E-state index >= 15 is 0 Å². The van der Waals surface area contributed by atoms with E-state index in [1.807, 2.05) is 6.92 Å². The quantitative estimate of drug-likeness (QED) is 0.750. The third-order valence-electron chi connectivity index (χ3n) is 2.50. The Kier molecular flexibility index (Phi) is 5.25. The van der Waals surface area contributed by atoms with Crippen LogP contribution in [0.4, 0.5) is 8.78 Å². The molecule has 2 nitrogen and oxygen atoms in total. The minimum absolute atomic E-state index is 0.102. The van der Waals surface area contributed by atoms with Crippen molar-refractivity contribution in [1.29, 1.82) is 0 Å². The summed E-state index contributed by atoms with van der Waals surface area (Å²) in [4.78, 5) is 0. The van der Waals surface area contributed by atoms with Crippen molar-refractivity contribution in [3.8, 4) is 0 Å². The molecule has 2 atom stereocenters. The second-order valence-corrected chi connectivity index (χ2v) is 4.02. The molecule has 0 aliphatic carbocycles. The molecule has 4 heteroatoms. The van der Waals surface area contributed by atoms with Crippen molar-refractivity contribution >= 4 is 0 Å². The van der Waals surface area contributed by atoms with Crippen LogP contribution in [0.25, 0.3) is 0 Å². The molecule has 1 aromatic rings. The predicted molar refractivity (Wildman–Crippen MR) is 63.6 cm³/mol. The Morgan fingerprint density at radius 1 is 1.47 bits per heavy atom. The topological polar surface area (TPSA) is 32.3 Å². The van der Waals surface area contributed by atoms with E-state index in [1.165, 1.54) is 6.07 Å². The third kappa shape index (κ3) is 4.24. The van der Waals surface area contributed by atoms with Gasteiger partial charge in [-0.25, -0.2) is 8.78 Å². The van der Waals surface area contributed by atoms with Crippen molar-refractivity contribution in [2.45, 2.75) is 25.5 Å². The fourth-order valence-electron chi connectivity index (χ4n) is 1.53. The summed E-state index contributed by atoms with van der Waals surface area (Å²) in [5.41, 5.74) is 0.102. The molecule has 0 aliphatic heterocycles.